The van der Waals surface area contributed by atoms with Crippen molar-refractivity contribution < 1.29 is 33.4 Å². The van der Waals surface area contributed by atoms with Gasteiger partial charge in [-0.25, -0.2) is 4.79 Å². The van der Waals surface area contributed by atoms with Gasteiger partial charge in [0.1, 0.15) is 11.7 Å². The van der Waals surface area contributed by atoms with Gasteiger partial charge in [0.15, 0.2) is 17.3 Å². The minimum absolute atomic E-state index is 0.0107. The molecule has 2 amide bonds. The SMILES string of the molecule is CSCC[C@H](NC(=O)/C(=C/c1ccc2c(c1)OCO2)NC(=O)c1ccco1)C(=O)O. The van der Waals surface area contributed by atoms with Crippen LogP contribution < -0.4 is 20.1 Å². The summed E-state index contributed by atoms with van der Waals surface area (Å²) in [5, 5.41) is 14.3. The van der Waals surface area contributed by atoms with E-state index in [0.29, 0.717) is 22.8 Å². The Morgan fingerprint density at radius 2 is 2.03 bits per heavy atom. The normalized spacial score (nSPS) is 13.6. The molecule has 2 aromatic rings. The van der Waals surface area contributed by atoms with Crippen LogP contribution in [0.25, 0.3) is 6.08 Å². The molecule has 0 unspecified atom stereocenters. The van der Waals surface area contributed by atoms with Crippen molar-refractivity contribution in [3.8, 4) is 11.5 Å². The number of rotatable bonds is 9. The molecule has 1 atom stereocenters. The topological polar surface area (TPSA) is 127 Å². The van der Waals surface area contributed by atoms with Gasteiger partial charge in [0.05, 0.1) is 6.26 Å². The predicted molar refractivity (Wildman–Crippen MR) is 109 cm³/mol. The number of carbonyl (C=O) groups is 3. The Morgan fingerprint density at radius 3 is 2.73 bits per heavy atom. The highest BCUT2D eigenvalue weighted by atomic mass is 32.2. The standard InChI is InChI=1S/C20H20N2O7S/c1-30-8-6-13(20(25)26)21-18(23)14(22-19(24)16-3-2-7-27-16)9-12-4-5-15-17(10-12)29-11-28-15/h2-5,7,9-10,13H,6,8,11H2,1H3,(H,21,23)(H,22,24)(H,25,26)/b14-9-/t13-/m0/s1. The third-order valence-electron chi connectivity index (χ3n) is 4.16. The molecule has 3 rings (SSSR count). The molecular weight excluding hydrogens is 412 g/mol. The summed E-state index contributed by atoms with van der Waals surface area (Å²) in [6.45, 7) is 0.0980. The van der Waals surface area contributed by atoms with Gasteiger partial charge in [-0.05, 0) is 54.3 Å². The fraction of sp³-hybridized carbons (Fsp3) is 0.250. The van der Waals surface area contributed by atoms with Crippen molar-refractivity contribution in [2.45, 2.75) is 12.5 Å². The molecule has 1 aliphatic heterocycles. The van der Waals surface area contributed by atoms with Crippen LogP contribution in [0, 0.1) is 0 Å². The van der Waals surface area contributed by atoms with Crippen molar-refractivity contribution in [3.05, 3.63) is 53.6 Å². The first kappa shape index (κ1) is 21.3. The second kappa shape index (κ2) is 9.88. The zero-order chi connectivity index (χ0) is 21.5. The van der Waals surface area contributed by atoms with Crippen LogP contribution in [0.4, 0.5) is 0 Å². The summed E-state index contributed by atoms with van der Waals surface area (Å²) in [5.41, 5.74) is 0.422. The van der Waals surface area contributed by atoms with Crippen LogP contribution in [-0.4, -0.2) is 47.7 Å². The summed E-state index contributed by atoms with van der Waals surface area (Å²) >= 11 is 1.47. The second-order valence-corrected chi connectivity index (χ2v) is 7.23. The van der Waals surface area contributed by atoms with Crippen LogP contribution in [0.2, 0.25) is 0 Å². The number of thioether (sulfide) groups is 1. The van der Waals surface area contributed by atoms with E-state index in [0.717, 1.165) is 0 Å². The molecule has 1 aromatic heterocycles. The van der Waals surface area contributed by atoms with Crippen molar-refractivity contribution in [2.75, 3.05) is 18.8 Å². The molecule has 1 aliphatic rings. The summed E-state index contributed by atoms with van der Waals surface area (Å²) < 4.78 is 15.6. The van der Waals surface area contributed by atoms with Crippen LogP contribution in [-0.2, 0) is 9.59 Å². The van der Waals surface area contributed by atoms with Crippen LogP contribution in [0.3, 0.4) is 0 Å². The molecule has 0 bridgehead atoms. The van der Waals surface area contributed by atoms with Crippen molar-refractivity contribution in [1.82, 2.24) is 10.6 Å². The molecule has 1 aromatic carbocycles. The van der Waals surface area contributed by atoms with Crippen LogP contribution in [0.15, 0.2) is 46.7 Å². The van der Waals surface area contributed by atoms with Gasteiger partial charge in [-0.1, -0.05) is 6.07 Å². The minimum atomic E-state index is -1.16. The number of furan rings is 1. The Balaban J connectivity index is 1.85. The minimum Gasteiger partial charge on any atom is -0.480 e. The molecule has 9 nitrogen and oxygen atoms in total. The lowest BCUT2D eigenvalue weighted by atomic mass is 10.1. The highest BCUT2D eigenvalue weighted by Crippen LogP contribution is 2.33. The molecule has 2 heterocycles. The van der Waals surface area contributed by atoms with Gasteiger partial charge in [-0.3, -0.25) is 9.59 Å². The molecule has 0 fully saturated rings. The maximum absolute atomic E-state index is 12.8. The number of hydrogen-bond donors (Lipinski definition) is 3. The van der Waals surface area contributed by atoms with E-state index in [9.17, 15) is 19.5 Å². The Bertz CT molecular complexity index is 956. The average Bonchev–Trinajstić information content (AvgIpc) is 3.41. The van der Waals surface area contributed by atoms with E-state index in [2.05, 4.69) is 10.6 Å². The Labute approximate surface area is 176 Å². The van der Waals surface area contributed by atoms with Crippen LogP contribution in [0.1, 0.15) is 22.5 Å². The van der Waals surface area contributed by atoms with Gasteiger partial charge >= 0.3 is 5.97 Å². The van der Waals surface area contributed by atoms with E-state index in [4.69, 9.17) is 13.9 Å². The molecule has 0 saturated heterocycles. The summed E-state index contributed by atoms with van der Waals surface area (Å²) in [5.74, 6) is -0.894. The number of fused-ring (bicyclic) bond motifs is 1. The summed E-state index contributed by atoms with van der Waals surface area (Å²) in [6.07, 6.45) is 4.84. The van der Waals surface area contributed by atoms with E-state index in [1.54, 1.807) is 24.3 Å². The van der Waals surface area contributed by atoms with Crippen LogP contribution in [0.5, 0.6) is 11.5 Å². The van der Waals surface area contributed by atoms with E-state index in [1.165, 1.54) is 30.2 Å². The first-order chi connectivity index (χ1) is 14.5. The van der Waals surface area contributed by atoms with E-state index >= 15 is 0 Å². The lowest BCUT2D eigenvalue weighted by Crippen LogP contribution is -2.44. The maximum Gasteiger partial charge on any atom is 0.326 e. The molecule has 3 N–H and O–H groups in total. The number of ether oxygens (including phenoxy) is 2. The number of aliphatic carboxylic acids is 1. The van der Waals surface area contributed by atoms with E-state index in [-0.39, 0.29) is 24.7 Å². The number of amides is 2. The first-order valence-corrected chi connectivity index (χ1v) is 10.4. The highest BCUT2D eigenvalue weighted by molar-refractivity contribution is 7.98. The highest BCUT2D eigenvalue weighted by Gasteiger charge is 2.23. The molecule has 10 heteroatoms. The molecular formula is C20H20N2O7S. The van der Waals surface area contributed by atoms with Crippen molar-refractivity contribution in [3.63, 3.8) is 0 Å². The predicted octanol–water partition coefficient (Wildman–Crippen LogP) is 2.10. The number of benzene rings is 1. The zero-order valence-electron chi connectivity index (χ0n) is 16.0. The van der Waals surface area contributed by atoms with E-state index in [1.807, 2.05) is 6.26 Å². The Morgan fingerprint density at radius 1 is 1.23 bits per heavy atom. The third-order valence-corrected chi connectivity index (χ3v) is 4.80. The monoisotopic (exact) mass is 432 g/mol. The number of carboxylic acids is 1. The number of hydrogen-bond acceptors (Lipinski definition) is 7. The lowest BCUT2D eigenvalue weighted by molar-refractivity contribution is -0.141. The second-order valence-electron chi connectivity index (χ2n) is 6.25. The Kier molecular flexibility index (Phi) is 7.02. The van der Waals surface area contributed by atoms with Crippen molar-refractivity contribution in [1.29, 1.82) is 0 Å². The number of nitrogens with one attached hydrogen (secondary N) is 2. The summed E-state index contributed by atoms with van der Waals surface area (Å²) in [6, 6.07) is 6.91. The molecule has 30 heavy (non-hydrogen) atoms. The number of carboxylic acid groups (broad SMARTS) is 1. The first-order valence-electron chi connectivity index (χ1n) is 8.96. The summed E-state index contributed by atoms with van der Waals surface area (Å²) in [4.78, 5) is 36.7. The van der Waals surface area contributed by atoms with Gasteiger partial charge in [0, 0.05) is 0 Å². The Hall–Kier alpha value is -3.40. The van der Waals surface area contributed by atoms with Crippen molar-refractivity contribution in [2.24, 2.45) is 0 Å². The van der Waals surface area contributed by atoms with Crippen molar-refractivity contribution >= 4 is 35.6 Å². The van der Waals surface area contributed by atoms with E-state index < -0.39 is 23.8 Å². The lowest BCUT2D eigenvalue weighted by Gasteiger charge is -2.16. The van der Waals surface area contributed by atoms with Gasteiger partial charge in [-0.2, -0.15) is 11.8 Å². The zero-order valence-corrected chi connectivity index (χ0v) is 16.9. The van der Waals surface area contributed by atoms with Gasteiger partial charge in [-0.15, -0.1) is 0 Å². The molecule has 0 saturated carbocycles. The van der Waals surface area contributed by atoms with Crippen LogP contribution >= 0.6 is 11.8 Å². The average molecular weight is 432 g/mol. The number of carbonyl (C=O) groups excluding carboxylic acids is 2. The summed E-state index contributed by atoms with van der Waals surface area (Å²) in [7, 11) is 0. The fourth-order valence-corrected chi connectivity index (χ4v) is 3.12. The molecule has 0 spiro atoms. The fourth-order valence-electron chi connectivity index (χ4n) is 2.65. The smallest absolute Gasteiger partial charge is 0.326 e. The maximum atomic E-state index is 12.8. The molecule has 0 aliphatic carbocycles. The third kappa shape index (κ3) is 5.35. The van der Waals surface area contributed by atoms with Gasteiger partial charge < -0.3 is 29.6 Å². The van der Waals surface area contributed by atoms with Gasteiger partial charge in [0.2, 0.25) is 6.79 Å². The molecule has 0 radical (unpaired) electrons. The quantitative estimate of drug-likeness (QED) is 0.514. The molecule has 158 valence electrons. The largest absolute Gasteiger partial charge is 0.480 e. The van der Waals surface area contributed by atoms with Gasteiger partial charge in [0.25, 0.3) is 11.8 Å².